The molecule has 2 aliphatic rings. The molecule has 25 heavy (non-hydrogen) atoms. The van der Waals surface area contributed by atoms with E-state index >= 15 is 0 Å². The molecule has 0 aromatic heterocycles. The van der Waals surface area contributed by atoms with E-state index in [4.69, 9.17) is 5.73 Å². The lowest BCUT2D eigenvalue weighted by atomic mass is 9.97. The highest BCUT2D eigenvalue weighted by Gasteiger charge is 2.35. The van der Waals surface area contributed by atoms with Crippen molar-refractivity contribution >= 4 is 5.91 Å². The summed E-state index contributed by atoms with van der Waals surface area (Å²) in [5.74, 6) is 0.342. The molecule has 2 N–H and O–H groups in total. The highest BCUT2D eigenvalue weighted by atomic mass is 16.2. The Bertz CT molecular complexity index is 556. The number of rotatable bonds is 7. The van der Waals surface area contributed by atoms with Crippen molar-refractivity contribution in [1.29, 1.82) is 0 Å². The lowest BCUT2D eigenvalue weighted by Crippen LogP contribution is -2.55. The van der Waals surface area contributed by atoms with Crippen LogP contribution < -0.4 is 5.73 Å². The number of likely N-dealkylation sites (tertiary alicyclic amines) is 1. The first-order valence-corrected chi connectivity index (χ1v) is 9.90. The fourth-order valence-electron chi connectivity index (χ4n) is 3.83. The van der Waals surface area contributed by atoms with Gasteiger partial charge < -0.3 is 10.6 Å². The summed E-state index contributed by atoms with van der Waals surface area (Å²) in [5, 5.41) is 0. The molecule has 1 aliphatic heterocycles. The Morgan fingerprint density at radius 2 is 1.92 bits per heavy atom. The molecule has 1 unspecified atom stereocenters. The standard InChI is InChI=1S/C21H33N3O/c1-16(2)20(22)21(25)24-13-7-6-10-19(24)15-23(18-11-12-18)14-17-8-4-3-5-9-17/h3-5,8-9,16,18-20H,6-7,10-15,22H2,1-2H3/t19-,20?/m0/s1. The van der Waals surface area contributed by atoms with Gasteiger partial charge in [-0.2, -0.15) is 0 Å². The Balaban J connectivity index is 1.67. The predicted octanol–water partition coefficient (Wildman–Crippen LogP) is 3.02. The van der Waals surface area contributed by atoms with E-state index in [1.165, 1.54) is 24.8 Å². The first-order chi connectivity index (χ1) is 12.1. The van der Waals surface area contributed by atoms with Crippen LogP contribution in [0.15, 0.2) is 30.3 Å². The molecule has 138 valence electrons. The Labute approximate surface area is 152 Å². The van der Waals surface area contributed by atoms with Gasteiger partial charge in [-0.1, -0.05) is 44.2 Å². The van der Waals surface area contributed by atoms with Gasteiger partial charge in [-0.3, -0.25) is 9.69 Å². The summed E-state index contributed by atoms with van der Waals surface area (Å²) in [7, 11) is 0. The third-order valence-electron chi connectivity index (χ3n) is 5.65. The van der Waals surface area contributed by atoms with E-state index in [0.29, 0.717) is 12.1 Å². The van der Waals surface area contributed by atoms with Crippen molar-refractivity contribution in [3.63, 3.8) is 0 Å². The van der Waals surface area contributed by atoms with Gasteiger partial charge in [0, 0.05) is 31.7 Å². The minimum atomic E-state index is -0.371. The van der Waals surface area contributed by atoms with Crippen molar-refractivity contribution in [2.45, 2.75) is 70.6 Å². The topological polar surface area (TPSA) is 49.6 Å². The molecule has 1 amide bonds. The minimum absolute atomic E-state index is 0.148. The Hall–Kier alpha value is -1.39. The molecular weight excluding hydrogens is 310 g/mol. The summed E-state index contributed by atoms with van der Waals surface area (Å²) < 4.78 is 0. The van der Waals surface area contributed by atoms with E-state index < -0.39 is 0 Å². The molecule has 4 nitrogen and oxygen atoms in total. The highest BCUT2D eigenvalue weighted by molar-refractivity contribution is 5.82. The quantitative estimate of drug-likeness (QED) is 0.828. The monoisotopic (exact) mass is 343 g/mol. The molecule has 0 bridgehead atoms. The number of hydrogen-bond acceptors (Lipinski definition) is 3. The van der Waals surface area contributed by atoms with Crippen molar-refractivity contribution in [2.75, 3.05) is 13.1 Å². The van der Waals surface area contributed by atoms with E-state index in [2.05, 4.69) is 40.1 Å². The molecule has 4 heteroatoms. The van der Waals surface area contributed by atoms with Gasteiger partial charge in [-0.25, -0.2) is 0 Å². The second-order valence-electron chi connectivity index (χ2n) is 8.10. The lowest BCUT2D eigenvalue weighted by Gasteiger charge is -2.40. The van der Waals surface area contributed by atoms with Crippen LogP contribution in [0, 0.1) is 5.92 Å². The maximum atomic E-state index is 12.9. The van der Waals surface area contributed by atoms with E-state index in [1.54, 1.807) is 0 Å². The molecular formula is C21H33N3O. The molecule has 1 aromatic rings. The van der Waals surface area contributed by atoms with Gasteiger partial charge in [0.2, 0.25) is 5.91 Å². The summed E-state index contributed by atoms with van der Waals surface area (Å²) in [6, 6.07) is 11.3. The molecule has 0 radical (unpaired) electrons. The molecule has 2 fully saturated rings. The SMILES string of the molecule is CC(C)C(N)C(=O)N1CCCC[C@H]1CN(Cc1ccccc1)C1CC1. The van der Waals surface area contributed by atoms with Gasteiger partial charge in [0.1, 0.15) is 0 Å². The van der Waals surface area contributed by atoms with Crippen LogP contribution in [0.4, 0.5) is 0 Å². The fourth-order valence-corrected chi connectivity index (χ4v) is 3.83. The Morgan fingerprint density at radius 3 is 2.56 bits per heavy atom. The molecule has 1 saturated carbocycles. The summed E-state index contributed by atoms with van der Waals surface area (Å²) >= 11 is 0. The number of carbonyl (C=O) groups excluding carboxylic acids is 1. The van der Waals surface area contributed by atoms with Gasteiger partial charge in [-0.05, 0) is 43.6 Å². The number of piperidine rings is 1. The molecule has 1 aromatic carbocycles. The lowest BCUT2D eigenvalue weighted by molar-refractivity contribution is -0.137. The zero-order valence-electron chi connectivity index (χ0n) is 15.7. The molecule has 1 saturated heterocycles. The third kappa shape index (κ3) is 4.83. The van der Waals surface area contributed by atoms with Crippen LogP contribution in [-0.4, -0.2) is 46.9 Å². The molecule has 0 spiro atoms. The molecule has 2 atom stereocenters. The van der Waals surface area contributed by atoms with Gasteiger partial charge in [0.15, 0.2) is 0 Å². The normalized spacial score (nSPS) is 22.4. The summed E-state index contributed by atoms with van der Waals surface area (Å²) in [4.78, 5) is 17.5. The summed E-state index contributed by atoms with van der Waals surface area (Å²) in [6.07, 6.45) is 6.01. The number of nitrogens with zero attached hydrogens (tertiary/aromatic N) is 2. The van der Waals surface area contributed by atoms with Crippen molar-refractivity contribution in [2.24, 2.45) is 11.7 Å². The molecule has 1 aliphatic carbocycles. The molecule has 3 rings (SSSR count). The van der Waals surface area contributed by atoms with E-state index in [9.17, 15) is 4.79 Å². The van der Waals surface area contributed by atoms with Crippen molar-refractivity contribution in [1.82, 2.24) is 9.80 Å². The number of amides is 1. The van der Waals surface area contributed by atoms with Gasteiger partial charge in [0.05, 0.1) is 6.04 Å². The van der Waals surface area contributed by atoms with Crippen LogP contribution in [0.5, 0.6) is 0 Å². The smallest absolute Gasteiger partial charge is 0.240 e. The number of benzene rings is 1. The van der Waals surface area contributed by atoms with Crippen LogP contribution in [0.2, 0.25) is 0 Å². The maximum absolute atomic E-state index is 12.9. The van der Waals surface area contributed by atoms with Gasteiger partial charge >= 0.3 is 0 Å². The second kappa shape index (κ2) is 8.33. The van der Waals surface area contributed by atoms with Crippen LogP contribution in [0.1, 0.15) is 51.5 Å². The maximum Gasteiger partial charge on any atom is 0.240 e. The minimum Gasteiger partial charge on any atom is -0.337 e. The zero-order valence-corrected chi connectivity index (χ0v) is 15.7. The van der Waals surface area contributed by atoms with E-state index in [0.717, 1.165) is 32.5 Å². The first-order valence-electron chi connectivity index (χ1n) is 9.90. The van der Waals surface area contributed by atoms with Gasteiger partial charge in [-0.15, -0.1) is 0 Å². The average Bonchev–Trinajstić information content (AvgIpc) is 3.46. The number of hydrogen-bond donors (Lipinski definition) is 1. The highest BCUT2D eigenvalue weighted by Crippen LogP contribution is 2.30. The van der Waals surface area contributed by atoms with E-state index in [1.807, 2.05) is 13.8 Å². The average molecular weight is 344 g/mol. The summed E-state index contributed by atoms with van der Waals surface area (Å²) in [5.41, 5.74) is 7.54. The zero-order chi connectivity index (χ0) is 17.8. The molecule has 1 heterocycles. The second-order valence-corrected chi connectivity index (χ2v) is 8.10. The summed E-state index contributed by atoms with van der Waals surface area (Å²) in [6.45, 7) is 6.91. The van der Waals surface area contributed by atoms with Gasteiger partial charge in [0.25, 0.3) is 0 Å². The fraction of sp³-hybridized carbons (Fsp3) is 0.667. The number of nitrogens with two attached hydrogens (primary N) is 1. The first kappa shape index (κ1) is 18.4. The van der Waals surface area contributed by atoms with Crippen molar-refractivity contribution < 1.29 is 4.79 Å². The Kier molecular flexibility index (Phi) is 6.13. The van der Waals surface area contributed by atoms with Crippen molar-refractivity contribution in [3.05, 3.63) is 35.9 Å². The predicted molar refractivity (Wildman–Crippen MR) is 102 cm³/mol. The van der Waals surface area contributed by atoms with Crippen LogP contribution in [0.25, 0.3) is 0 Å². The third-order valence-corrected chi connectivity index (χ3v) is 5.65. The van der Waals surface area contributed by atoms with Crippen LogP contribution >= 0.6 is 0 Å². The largest absolute Gasteiger partial charge is 0.337 e. The van der Waals surface area contributed by atoms with Crippen LogP contribution in [-0.2, 0) is 11.3 Å². The van der Waals surface area contributed by atoms with E-state index in [-0.39, 0.29) is 17.9 Å². The van der Waals surface area contributed by atoms with Crippen molar-refractivity contribution in [3.8, 4) is 0 Å². The number of carbonyl (C=O) groups is 1. The van der Waals surface area contributed by atoms with Crippen LogP contribution in [0.3, 0.4) is 0 Å². The Morgan fingerprint density at radius 1 is 1.20 bits per heavy atom.